The monoisotopic (exact) mass is 267 g/mol. The van der Waals surface area contributed by atoms with Gasteiger partial charge in [-0.25, -0.2) is 0 Å². The summed E-state index contributed by atoms with van der Waals surface area (Å²) in [5.74, 6) is -0.0797. The zero-order valence-electron chi connectivity index (χ0n) is 11.4. The van der Waals surface area contributed by atoms with Crippen molar-refractivity contribution in [2.45, 2.75) is 19.9 Å². The Balaban J connectivity index is 1.80. The molecule has 1 aliphatic rings. The Morgan fingerprint density at radius 2 is 2.15 bits per heavy atom. The second-order valence-corrected chi connectivity index (χ2v) is 5.05. The summed E-state index contributed by atoms with van der Waals surface area (Å²) in [5, 5.41) is 6.23. The molecule has 1 amide bonds. The number of aryl methyl sites for hydroxylation is 1. The molecule has 102 valence electrons. The highest BCUT2D eigenvalue weighted by Gasteiger charge is 2.12. The number of aromatic nitrogens is 1. The van der Waals surface area contributed by atoms with Crippen LogP contribution in [0.3, 0.4) is 0 Å². The van der Waals surface area contributed by atoms with E-state index >= 15 is 0 Å². The van der Waals surface area contributed by atoms with Crippen LogP contribution in [-0.2, 0) is 13.0 Å². The van der Waals surface area contributed by atoms with Gasteiger partial charge in [0.15, 0.2) is 0 Å². The maximum Gasteiger partial charge on any atom is 0.255 e. The molecule has 0 saturated heterocycles. The lowest BCUT2D eigenvalue weighted by atomic mass is 9.98. The lowest BCUT2D eigenvalue weighted by Crippen LogP contribution is -2.24. The fraction of sp³-hybridized carbons (Fsp3) is 0.250. The van der Waals surface area contributed by atoms with E-state index in [-0.39, 0.29) is 5.91 Å². The third-order valence-corrected chi connectivity index (χ3v) is 3.51. The van der Waals surface area contributed by atoms with Crippen LogP contribution in [0, 0.1) is 6.92 Å². The first-order chi connectivity index (χ1) is 9.72. The maximum absolute atomic E-state index is 12.3. The molecule has 1 aromatic heterocycles. The van der Waals surface area contributed by atoms with E-state index in [1.165, 1.54) is 11.1 Å². The molecule has 4 heteroatoms. The summed E-state index contributed by atoms with van der Waals surface area (Å²) in [6.45, 7) is 3.75. The molecule has 2 heterocycles. The Hall–Kier alpha value is -2.20. The Labute approximate surface area is 118 Å². The predicted molar refractivity (Wildman–Crippen MR) is 78.8 cm³/mol. The molecule has 0 unspecified atom stereocenters. The summed E-state index contributed by atoms with van der Waals surface area (Å²) in [6, 6.07) is 9.59. The van der Waals surface area contributed by atoms with E-state index < -0.39 is 0 Å². The quantitative estimate of drug-likeness (QED) is 0.877. The molecule has 0 fully saturated rings. The smallest absolute Gasteiger partial charge is 0.255 e. The SMILES string of the molecule is Cc1cc(NC(=O)c2ccc3c(c2)CNCC3)ccn1. The number of rotatable bonds is 2. The minimum Gasteiger partial charge on any atom is -0.322 e. The van der Waals surface area contributed by atoms with Gasteiger partial charge in [-0.1, -0.05) is 6.07 Å². The zero-order chi connectivity index (χ0) is 13.9. The number of benzene rings is 1. The largest absolute Gasteiger partial charge is 0.322 e. The molecule has 20 heavy (non-hydrogen) atoms. The molecule has 0 bridgehead atoms. The minimum atomic E-state index is -0.0797. The van der Waals surface area contributed by atoms with Crippen LogP contribution in [-0.4, -0.2) is 17.4 Å². The van der Waals surface area contributed by atoms with Gasteiger partial charge in [0, 0.05) is 29.7 Å². The summed E-state index contributed by atoms with van der Waals surface area (Å²) < 4.78 is 0. The van der Waals surface area contributed by atoms with Gasteiger partial charge < -0.3 is 10.6 Å². The summed E-state index contributed by atoms with van der Waals surface area (Å²) in [7, 11) is 0. The van der Waals surface area contributed by atoms with Crippen LogP contribution in [0.4, 0.5) is 5.69 Å². The van der Waals surface area contributed by atoms with Crippen LogP contribution < -0.4 is 10.6 Å². The molecule has 0 spiro atoms. The van der Waals surface area contributed by atoms with Crippen molar-refractivity contribution in [1.82, 2.24) is 10.3 Å². The first-order valence-corrected chi connectivity index (χ1v) is 6.79. The molecule has 2 N–H and O–H groups in total. The van der Waals surface area contributed by atoms with E-state index in [0.29, 0.717) is 5.56 Å². The van der Waals surface area contributed by atoms with Crippen LogP contribution in [0.5, 0.6) is 0 Å². The number of carbonyl (C=O) groups is 1. The molecule has 1 aromatic carbocycles. The van der Waals surface area contributed by atoms with Crippen molar-refractivity contribution in [2.24, 2.45) is 0 Å². The van der Waals surface area contributed by atoms with Crippen molar-refractivity contribution in [1.29, 1.82) is 0 Å². The van der Waals surface area contributed by atoms with Gasteiger partial charge in [0.1, 0.15) is 0 Å². The highest BCUT2D eigenvalue weighted by atomic mass is 16.1. The number of hydrogen-bond acceptors (Lipinski definition) is 3. The molecular formula is C16H17N3O. The number of hydrogen-bond donors (Lipinski definition) is 2. The summed E-state index contributed by atoms with van der Waals surface area (Å²) in [4.78, 5) is 16.4. The van der Waals surface area contributed by atoms with E-state index in [1.807, 2.05) is 25.1 Å². The van der Waals surface area contributed by atoms with Crippen molar-refractivity contribution in [2.75, 3.05) is 11.9 Å². The molecule has 3 rings (SSSR count). The predicted octanol–water partition coefficient (Wildman–Crippen LogP) is 2.29. The lowest BCUT2D eigenvalue weighted by Gasteiger charge is -2.17. The number of fused-ring (bicyclic) bond motifs is 1. The van der Waals surface area contributed by atoms with Gasteiger partial charge in [-0.15, -0.1) is 0 Å². The minimum absolute atomic E-state index is 0.0797. The van der Waals surface area contributed by atoms with Gasteiger partial charge in [0.05, 0.1) is 0 Å². The van der Waals surface area contributed by atoms with Crippen molar-refractivity contribution in [3.8, 4) is 0 Å². The van der Waals surface area contributed by atoms with E-state index in [9.17, 15) is 4.79 Å². The molecule has 0 saturated carbocycles. The highest BCUT2D eigenvalue weighted by molar-refractivity contribution is 6.04. The fourth-order valence-electron chi connectivity index (χ4n) is 2.45. The fourth-order valence-corrected chi connectivity index (χ4v) is 2.45. The summed E-state index contributed by atoms with van der Waals surface area (Å²) >= 11 is 0. The van der Waals surface area contributed by atoms with Gasteiger partial charge in [-0.3, -0.25) is 9.78 Å². The van der Waals surface area contributed by atoms with E-state index in [4.69, 9.17) is 0 Å². The summed E-state index contributed by atoms with van der Waals surface area (Å²) in [6.07, 6.45) is 2.72. The topological polar surface area (TPSA) is 54.0 Å². The number of carbonyl (C=O) groups excluding carboxylic acids is 1. The molecular weight excluding hydrogens is 250 g/mol. The molecule has 0 aliphatic carbocycles. The molecule has 4 nitrogen and oxygen atoms in total. The number of anilines is 1. The van der Waals surface area contributed by atoms with Gasteiger partial charge in [0.25, 0.3) is 5.91 Å². The highest BCUT2D eigenvalue weighted by Crippen LogP contribution is 2.17. The number of nitrogens with zero attached hydrogens (tertiary/aromatic N) is 1. The number of nitrogens with one attached hydrogen (secondary N) is 2. The van der Waals surface area contributed by atoms with Crippen LogP contribution in [0.25, 0.3) is 0 Å². The van der Waals surface area contributed by atoms with Crippen molar-refractivity contribution < 1.29 is 4.79 Å². The number of pyridine rings is 1. The van der Waals surface area contributed by atoms with Gasteiger partial charge in [-0.2, -0.15) is 0 Å². The average Bonchev–Trinajstić information content (AvgIpc) is 2.47. The van der Waals surface area contributed by atoms with E-state index in [0.717, 1.165) is 30.9 Å². The number of amides is 1. The molecule has 1 aliphatic heterocycles. The Morgan fingerprint density at radius 3 is 3.00 bits per heavy atom. The van der Waals surface area contributed by atoms with Crippen molar-refractivity contribution >= 4 is 11.6 Å². The first kappa shape index (κ1) is 12.8. The standard InChI is InChI=1S/C16H17N3O/c1-11-8-15(5-7-18-11)19-16(20)13-3-2-12-4-6-17-10-14(12)9-13/h2-3,5,7-9,17H,4,6,10H2,1H3,(H,18,19,20). The van der Waals surface area contributed by atoms with Crippen LogP contribution in [0.2, 0.25) is 0 Å². The molecule has 0 radical (unpaired) electrons. The molecule has 0 atom stereocenters. The first-order valence-electron chi connectivity index (χ1n) is 6.79. The van der Waals surface area contributed by atoms with Crippen molar-refractivity contribution in [3.05, 3.63) is 58.9 Å². The van der Waals surface area contributed by atoms with Crippen LogP contribution >= 0.6 is 0 Å². The third kappa shape index (κ3) is 2.70. The Bertz CT molecular complexity index is 652. The molecule has 2 aromatic rings. The van der Waals surface area contributed by atoms with Crippen LogP contribution in [0.1, 0.15) is 27.2 Å². The zero-order valence-corrected chi connectivity index (χ0v) is 11.4. The van der Waals surface area contributed by atoms with Crippen molar-refractivity contribution in [3.63, 3.8) is 0 Å². The van der Waals surface area contributed by atoms with Gasteiger partial charge in [-0.05, 0) is 55.3 Å². The Morgan fingerprint density at radius 1 is 1.25 bits per heavy atom. The summed E-state index contributed by atoms with van der Waals surface area (Å²) in [5.41, 5.74) is 4.91. The van der Waals surface area contributed by atoms with E-state index in [1.54, 1.807) is 12.3 Å². The Kier molecular flexibility index (Phi) is 3.48. The van der Waals surface area contributed by atoms with Crippen LogP contribution in [0.15, 0.2) is 36.5 Å². The average molecular weight is 267 g/mol. The third-order valence-electron chi connectivity index (χ3n) is 3.51. The second-order valence-electron chi connectivity index (χ2n) is 5.05. The van der Waals surface area contributed by atoms with Gasteiger partial charge in [0.2, 0.25) is 0 Å². The second kappa shape index (κ2) is 5.43. The lowest BCUT2D eigenvalue weighted by molar-refractivity contribution is 0.102. The van der Waals surface area contributed by atoms with E-state index in [2.05, 4.69) is 21.7 Å². The maximum atomic E-state index is 12.3. The van der Waals surface area contributed by atoms with Gasteiger partial charge >= 0.3 is 0 Å². The normalized spacial score (nSPS) is 13.7.